The molecule has 0 aromatic rings. The summed E-state index contributed by atoms with van der Waals surface area (Å²) in [5.41, 5.74) is 3.19. The molecule has 140 valence electrons. The van der Waals surface area contributed by atoms with Crippen LogP contribution in [0.1, 0.15) is 26.2 Å². The van der Waals surface area contributed by atoms with Crippen LogP contribution in [0.3, 0.4) is 0 Å². The molecule has 1 fully saturated rings. The Morgan fingerprint density at radius 2 is 1.88 bits per heavy atom. The van der Waals surface area contributed by atoms with Gasteiger partial charge in [-0.15, -0.1) is 0 Å². The Morgan fingerprint density at radius 3 is 2.62 bits per heavy atom. The number of halogens is 3. The van der Waals surface area contributed by atoms with E-state index in [-0.39, 0.29) is 12.0 Å². The van der Waals surface area contributed by atoms with Crippen LogP contribution in [-0.2, 0) is 0 Å². The van der Waals surface area contributed by atoms with Crippen LogP contribution in [0.15, 0.2) is 70.5 Å². The lowest BCUT2D eigenvalue weighted by molar-refractivity contribution is -0.0882. The molecule has 2 aliphatic carbocycles. The highest BCUT2D eigenvalue weighted by Crippen LogP contribution is 2.40. The van der Waals surface area contributed by atoms with Gasteiger partial charge >= 0.3 is 6.18 Å². The Bertz CT molecular complexity index is 733. The van der Waals surface area contributed by atoms with Crippen LogP contribution in [0, 0.1) is 5.92 Å². The second-order valence-electron chi connectivity index (χ2n) is 6.91. The van der Waals surface area contributed by atoms with Gasteiger partial charge in [-0.3, -0.25) is 0 Å². The average Bonchev–Trinajstić information content (AvgIpc) is 2.80. The fraction of sp³-hybridized carbons (Fsp3) is 0.429. The van der Waals surface area contributed by atoms with Crippen molar-refractivity contribution in [1.29, 1.82) is 0 Å². The van der Waals surface area contributed by atoms with E-state index in [0.717, 1.165) is 36.2 Å². The first kappa shape index (κ1) is 18.8. The summed E-state index contributed by atoms with van der Waals surface area (Å²) < 4.78 is 39.9. The zero-order valence-electron chi connectivity index (χ0n) is 15.2. The molecule has 0 radical (unpaired) electrons. The Kier molecular flexibility index (Phi) is 5.56. The van der Waals surface area contributed by atoms with E-state index in [4.69, 9.17) is 0 Å². The van der Waals surface area contributed by atoms with E-state index in [0.29, 0.717) is 12.0 Å². The summed E-state index contributed by atoms with van der Waals surface area (Å²) in [6.07, 6.45) is 9.96. The monoisotopic (exact) mass is 362 g/mol. The van der Waals surface area contributed by atoms with Crippen molar-refractivity contribution in [3.05, 3.63) is 70.5 Å². The van der Waals surface area contributed by atoms with Gasteiger partial charge in [0.2, 0.25) is 0 Å². The summed E-state index contributed by atoms with van der Waals surface area (Å²) in [5, 5.41) is 6.72. The van der Waals surface area contributed by atoms with Crippen LogP contribution in [0.25, 0.3) is 0 Å². The molecule has 0 spiro atoms. The number of rotatable bonds is 4. The number of hydrogen-bond donors (Lipinski definition) is 2. The molecule has 0 bridgehead atoms. The van der Waals surface area contributed by atoms with E-state index >= 15 is 0 Å². The molecule has 3 aliphatic rings. The van der Waals surface area contributed by atoms with Crippen LogP contribution >= 0.6 is 0 Å². The number of nitrogens with one attached hydrogen (secondary N) is 2. The normalized spacial score (nSPS) is 25.8. The molecule has 0 aromatic heterocycles. The van der Waals surface area contributed by atoms with Gasteiger partial charge in [-0.2, -0.15) is 13.2 Å². The van der Waals surface area contributed by atoms with E-state index in [1.165, 1.54) is 12.2 Å². The molecule has 5 heteroatoms. The van der Waals surface area contributed by atoms with Gasteiger partial charge in [0, 0.05) is 17.7 Å². The predicted octanol–water partition coefficient (Wildman–Crippen LogP) is 4.72. The van der Waals surface area contributed by atoms with Gasteiger partial charge in [-0.1, -0.05) is 36.5 Å². The first-order chi connectivity index (χ1) is 12.4. The molecule has 0 amide bonds. The first-order valence-corrected chi connectivity index (χ1v) is 9.10. The zero-order valence-corrected chi connectivity index (χ0v) is 15.2. The molecule has 2 nitrogen and oxygen atoms in total. The van der Waals surface area contributed by atoms with Crippen molar-refractivity contribution in [2.45, 2.75) is 38.4 Å². The number of hydrogen-bond acceptors (Lipinski definition) is 2. The lowest BCUT2D eigenvalue weighted by Crippen LogP contribution is -2.25. The Labute approximate surface area is 152 Å². The minimum absolute atomic E-state index is 0.265. The predicted molar refractivity (Wildman–Crippen MR) is 99.5 cm³/mol. The highest BCUT2D eigenvalue weighted by Gasteiger charge is 2.35. The second-order valence-corrected chi connectivity index (χ2v) is 6.91. The smallest absolute Gasteiger partial charge is 0.382 e. The van der Waals surface area contributed by atoms with E-state index in [2.05, 4.69) is 23.6 Å². The van der Waals surface area contributed by atoms with E-state index in [1.54, 1.807) is 6.08 Å². The lowest BCUT2D eigenvalue weighted by atomic mass is 9.85. The average molecular weight is 362 g/mol. The fourth-order valence-electron chi connectivity index (χ4n) is 3.82. The molecule has 2 unspecified atom stereocenters. The van der Waals surface area contributed by atoms with Crippen molar-refractivity contribution in [1.82, 2.24) is 10.6 Å². The number of alkyl halides is 3. The third kappa shape index (κ3) is 3.88. The van der Waals surface area contributed by atoms with Gasteiger partial charge in [-0.05, 0) is 62.6 Å². The van der Waals surface area contributed by atoms with Gasteiger partial charge in [0.25, 0.3) is 0 Å². The summed E-state index contributed by atoms with van der Waals surface area (Å²) in [6.45, 7) is 3.01. The second kappa shape index (κ2) is 7.70. The third-order valence-corrected chi connectivity index (χ3v) is 5.11. The van der Waals surface area contributed by atoms with Gasteiger partial charge in [-0.25, -0.2) is 0 Å². The van der Waals surface area contributed by atoms with E-state index in [1.807, 2.05) is 25.3 Å². The van der Waals surface area contributed by atoms with Gasteiger partial charge in [0.15, 0.2) is 0 Å². The Morgan fingerprint density at radius 1 is 1.15 bits per heavy atom. The molecule has 1 heterocycles. The van der Waals surface area contributed by atoms with Crippen molar-refractivity contribution >= 4 is 0 Å². The lowest BCUT2D eigenvalue weighted by Gasteiger charge is -2.19. The number of fused-ring (bicyclic) bond motifs is 1. The summed E-state index contributed by atoms with van der Waals surface area (Å²) in [6, 6.07) is 0.265. The summed E-state index contributed by atoms with van der Waals surface area (Å²) >= 11 is 0. The standard InChI is InChI=1S/C21H25F3N2/c1-14-17(11-12-25-2)20-18(9-5-6-10-19(20)26-14)15-7-3-4-8-16(13-15)21(22,23)24/h4-5,7-10,13-14,17,25-26H,3,6,11-12H2,1-2H3. The Hall–Kier alpha value is -2.01. The van der Waals surface area contributed by atoms with Crippen LogP contribution in [0.4, 0.5) is 13.2 Å². The molecule has 2 atom stereocenters. The fourth-order valence-corrected chi connectivity index (χ4v) is 3.82. The minimum Gasteiger partial charge on any atom is -0.382 e. The molecular formula is C21H25F3N2. The summed E-state index contributed by atoms with van der Waals surface area (Å²) in [7, 11) is 1.92. The quantitative estimate of drug-likeness (QED) is 0.756. The summed E-state index contributed by atoms with van der Waals surface area (Å²) in [4.78, 5) is 0. The van der Waals surface area contributed by atoms with Gasteiger partial charge in [0.1, 0.15) is 0 Å². The van der Waals surface area contributed by atoms with Crippen molar-refractivity contribution in [2.75, 3.05) is 13.6 Å². The molecule has 0 aromatic carbocycles. The highest BCUT2D eigenvalue weighted by atomic mass is 19.4. The van der Waals surface area contributed by atoms with Crippen LogP contribution in [0.5, 0.6) is 0 Å². The van der Waals surface area contributed by atoms with Gasteiger partial charge in [0.05, 0.1) is 5.57 Å². The maximum absolute atomic E-state index is 13.3. The maximum Gasteiger partial charge on any atom is 0.416 e. The zero-order chi connectivity index (χ0) is 18.7. The summed E-state index contributed by atoms with van der Waals surface area (Å²) in [5.74, 6) is 0.270. The molecule has 3 rings (SSSR count). The molecule has 0 saturated carbocycles. The van der Waals surface area contributed by atoms with Crippen LogP contribution < -0.4 is 10.6 Å². The van der Waals surface area contributed by atoms with Crippen molar-refractivity contribution in [3.63, 3.8) is 0 Å². The highest BCUT2D eigenvalue weighted by molar-refractivity contribution is 5.60. The minimum atomic E-state index is -4.34. The van der Waals surface area contributed by atoms with Gasteiger partial charge < -0.3 is 10.6 Å². The van der Waals surface area contributed by atoms with Crippen molar-refractivity contribution in [2.24, 2.45) is 5.92 Å². The molecule has 1 aliphatic heterocycles. The molecule has 2 N–H and O–H groups in total. The van der Waals surface area contributed by atoms with Crippen LogP contribution in [0.2, 0.25) is 0 Å². The number of allylic oxidation sites excluding steroid dienone is 11. The molecular weight excluding hydrogens is 337 g/mol. The molecule has 1 saturated heterocycles. The van der Waals surface area contributed by atoms with E-state index < -0.39 is 11.7 Å². The topological polar surface area (TPSA) is 24.1 Å². The van der Waals surface area contributed by atoms with Crippen molar-refractivity contribution < 1.29 is 13.2 Å². The largest absolute Gasteiger partial charge is 0.416 e. The Balaban J connectivity index is 2.09. The van der Waals surface area contributed by atoms with E-state index in [9.17, 15) is 13.2 Å². The first-order valence-electron chi connectivity index (χ1n) is 9.10. The van der Waals surface area contributed by atoms with Crippen molar-refractivity contribution in [3.8, 4) is 0 Å². The SMILES string of the molecule is CNCCC1C2=C(C3=CCC=CC(C(F)(F)F)=C3)C=CCC=C2NC1C. The van der Waals surface area contributed by atoms with Crippen LogP contribution in [-0.4, -0.2) is 25.8 Å². The third-order valence-electron chi connectivity index (χ3n) is 5.11. The molecule has 26 heavy (non-hydrogen) atoms. The maximum atomic E-state index is 13.3.